The smallest absolute Gasteiger partial charge is 0.118 e. The third-order valence-corrected chi connectivity index (χ3v) is 3.86. The molecule has 0 saturated carbocycles. The number of rotatable bonds is 5. The second-order valence-electron chi connectivity index (χ2n) is 4.56. The van der Waals surface area contributed by atoms with Crippen molar-refractivity contribution in [2.45, 2.75) is 12.0 Å². The lowest BCUT2D eigenvalue weighted by Crippen LogP contribution is -2.14. The van der Waals surface area contributed by atoms with Crippen LogP contribution in [-0.4, -0.2) is 23.9 Å². The molecular formula is C16H17BrO3. The van der Waals surface area contributed by atoms with Gasteiger partial charge >= 0.3 is 0 Å². The van der Waals surface area contributed by atoms with Crippen LogP contribution >= 0.6 is 15.9 Å². The Labute approximate surface area is 127 Å². The van der Waals surface area contributed by atoms with E-state index in [-0.39, 0.29) is 12.5 Å². The SMILES string of the molecule is COc1ccc([C@H](O)[C@H](CO)c2ccc(Br)cc2)cc1. The summed E-state index contributed by atoms with van der Waals surface area (Å²) in [5.41, 5.74) is 1.66. The summed E-state index contributed by atoms with van der Waals surface area (Å²) in [7, 11) is 1.60. The van der Waals surface area contributed by atoms with Crippen molar-refractivity contribution in [3.8, 4) is 5.75 Å². The highest BCUT2D eigenvalue weighted by Crippen LogP contribution is 2.32. The van der Waals surface area contributed by atoms with Crippen molar-refractivity contribution in [1.82, 2.24) is 0 Å². The Morgan fingerprint density at radius 1 is 1.00 bits per heavy atom. The summed E-state index contributed by atoms with van der Waals surface area (Å²) in [6.45, 7) is -0.116. The molecule has 0 saturated heterocycles. The summed E-state index contributed by atoms with van der Waals surface area (Å²) in [5, 5.41) is 20.0. The third kappa shape index (κ3) is 3.39. The van der Waals surface area contributed by atoms with Crippen LogP contribution in [-0.2, 0) is 0 Å². The van der Waals surface area contributed by atoms with Crippen LogP contribution < -0.4 is 4.74 Å². The summed E-state index contributed by atoms with van der Waals surface area (Å²) in [6.07, 6.45) is -0.757. The summed E-state index contributed by atoms with van der Waals surface area (Å²) in [4.78, 5) is 0. The Hall–Kier alpha value is -1.36. The van der Waals surface area contributed by atoms with E-state index in [4.69, 9.17) is 4.74 Å². The molecule has 2 aromatic carbocycles. The topological polar surface area (TPSA) is 49.7 Å². The second-order valence-corrected chi connectivity index (χ2v) is 5.47. The van der Waals surface area contributed by atoms with Crippen LogP contribution in [0.2, 0.25) is 0 Å². The van der Waals surface area contributed by atoms with Gasteiger partial charge in [0.15, 0.2) is 0 Å². The van der Waals surface area contributed by atoms with Gasteiger partial charge in [-0.25, -0.2) is 0 Å². The highest BCUT2D eigenvalue weighted by Gasteiger charge is 2.22. The number of hydrogen-bond donors (Lipinski definition) is 2. The fourth-order valence-corrected chi connectivity index (χ4v) is 2.40. The summed E-state index contributed by atoms with van der Waals surface area (Å²) in [5.74, 6) is 0.390. The van der Waals surface area contributed by atoms with Gasteiger partial charge in [0.1, 0.15) is 5.75 Å². The molecule has 2 rings (SSSR count). The zero-order valence-corrected chi connectivity index (χ0v) is 12.7. The highest BCUT2D eigenvalue weighted by molar-refractivity contribution is 9.10. The maximum absolute atomic E-state index is 10.5. The molecule has 0 fully saturated rings. The predicted molar refractivity (Wildman–Crippen MR) is 81.9 cm³/mol. The monoisotopic (exact) mass is 336 g/mol. The first-order valence-corrected chi connectivity index (χ1v) is 7.13. The molecule has 0 bridgehead atoms. The van der Waals surface area contributed by atoms with Crippen LogP contribution in [0.25, 0.3) is 0 Å². The van der Waals surface area contributed by atoms with E-state index < -0.39 is 6.10 Å². The predicted octanol–water partition coefficient (Wildman–Crippen LogP) is 3.27. The quantitative estimate of drug-likeness (QED) is 0.880. The van der Waals surface area contributed by atoms with Gasteiger partial charge < -0.3 is 14.9 Å². The molecule has 0 amide bonds. The lowest BCUT2D eigenvalue weighted by molar-refractivity contribution is 0.107. The molecule has 3 nitrogen and oxygen atoms in total. The van der Waals surface area contributed by atoms with E-state index in [1.165, 1.54) is 0 Å². The van der Waals surface area contributed by atoms with Gasteiger partial charge in [-0.15, -0.1) is 0 Å². The molecule has 0 radical (unpaired) electrons. The molecule has 0 heterocycles. The minimum atomic E-state index is -0.757. The Kier molecular flexibility index (Phi) is 5.17. The molecule has 0 aliphatic heterocycles. The lowest BCUT2D eigenvalue weighted by Gasteiger charge is -2.22. The molecule has 2 aromatic rings. The standard InChI is InChI=1S/C16H17BrO3/c1-20-14-8-4-12(5-9-14)16(19)15(10-18)11-2-6-13(17)7-3-11/h2-9,15-16,18-19H,10H2,1H3/t15-,16+/m1/s1. The molecule has 0 aliphatic carbocycles. The van der Waals surface area contributed by atoms with Crippen LogP contribution in [0.5, 0.6) is 5.75 Å². The first kappa shape index (κ1) is 15.0. The van der Waals surface area contributed by atoms with Gasteiger partial charge in [0, 0.05) is 10.4 Å². The molecule has 0 aliphatic rings. The van der Waals surface area contributed by atoms with E-state index >= 15 is 0 Å². The first-order valence-electron chi connectivity index (χ1n) is 6.34. The van der Waals surface area contributed by atoms with Crippen molar-refractivity contribution in [2.24, 2.45) is 0 Å². The van der Waals surface area contributed by atoms with Crippen LogP contribution in [0.3, 0.4) is 0 Å². The van der Waals surface area contributed by atoms with E-state index in [1.807, 2.05) is 36.4 Å². The molecule has 106 valence electrons. The summed E-state index contributed by atoms with van der Waals surface area (Å²) < 4.78 is 6.07. The van der Waals surface area contributed by atoms with Gasteiger partial charge in [0.2, 0.25) is 0 Å². The fraction of sp³-hybridized carbons (Fsp3) is 0.250. The largest absolute Gasteiger partial charge is 0.497 e. The second kappa shape index (κ2) is 6.88. The van der Waals surface area contributed by atoms with E-state index in [2.05, 4.69) is 15.9 Å². The van der Waals surface area contributed by atoms with Crippen LogP contribution in [0.15, 0.2) is 53.0 Å². The maximum Gasteiger partial charge on any atom is 0.118 e. The van der Waals surface area contributed by atoms with Gasteiger partial charge in [0.25, 0.3) is 0 Å². The Morgan fingerprint density at radius 3 is 2.05 bits per heavy atom. The molecule has 2 atom stereocenters. The number of ether oxygens (including phenoxy) is 1. The van der Waals surface area contributed by atoms with Crippen molar-refractivity contribution in [3.05, 3.63) is 64.1 Å². The van der Waals surface area contributed by atoms with E-state index in [1.54, 1.807) is 19.2 Å². The Balaban J connectivity index is 2.23. The van der Waals surface area contributed by atoms with Gasteiger partial charge in [0.05, 0.1) is 19.8 Å². The number of hydrogen-bond acceptors (Lipinski definition) is 3. The molecule has 0 aromatic heterocycles. The van der Waals surface area contributed by atoms with Crippen molar-refractivity contribution in [2.75, 3.05) is 13.7 Å². The Bertz CT molecular complexity index is 537. The summed E-state index contributed by atoms with van der Waals surface area (Å²) in [6, 6.07) is 14.8. The lowest BCUT2D eigenvalue weighted by atomic mass is 9.90. The molecule has 2 N–H and O–H groups in total. The zero-order chi connectivity index (χ0) is 14.5. The first-order chi connectivity index (χ1) is 9.65. The molecule has 0 spiro atoms. The van der Waals surface area contributed by atoms with E-state index in [0.717, 1.165) is 21.3 Å². The minimum absolute atomic E-state index is 0.116. The van der Waals surface area contributed by atoms with Gasteiger partial charge in [-0.3, -0.25) is 0 Å². The molecule has 20 heavy (non-hydrogen) atoms. The van der Waals surface area contributed by atoms with Crippen LogP contribution in [0.1, 0.15) is 23.1 Å². The normalized spacial score (nSPS) is 13.8. The van der Waals surface area contributed by atoms with Crippen LogP contribution in [0.4, 0.5) is 0 Å². The Morgan fingerprint density at radius 2 is 1.55 bits per heavy atom. The van der Waals surface area contributed by atoms with Crippen molar-refractivity contribution in [3.63, 3.8) is 0 Å². The average Bonchev–Trinajstić information content (AvgIpc) is 2.50. The molecule has 0 unspecified atom stereocenters. The van der Waals surface area contributed by atoms with Gasteiger partial charge in [-0.05, 0) is 35.4 Å². The average molecular weight is 337 g/mol. The minimum Gasteiger partial charge on any atom is -0.497 e. The van der Waals surface area contributed by atoms with E-state index in [0.29, 0.717) is 0 Å². The zero-order valence-electron chi connectivity index (χ0n) is 11.2. The summed E-state index contributed by atoms with van der Waals surface area (Å²) >= 11 is 3.38. The maximum atomic E-state index is 10.5. The molecular weight excluding hydrogens is 320 g/mol. The number of halogens is 1. The van der Waals surface area contributed by atoms with Crippen LogP contribution in [0, 0.1) is 0 Å². The van der Waals surface area contributed by atoms with Gasteiger partial charge in [-0.1, -0.05) is 40.2 Å². The van der Waals surface area contributed by atoms with Gasteiger partial charge in [-0.2, -0.15) is 0 Å². The molecule has 4 heteroatoms. The highest BCUT2D eigenvalue weighted by atomic mass is 79.9. The fourth-order valence-electron chi connectivity index (χ4n) is 2.13. The number of aliphatic hydroxyl groups is 2. The van der Waals surface area contributed by atoms with Crippen molar-refractivity contribution >= 4 is 15.9 Å². The van der Waals surface area contributed by atoms with Crippen molar-refractivity contribution in [1.29, 1.82) is 0 Å². The van der Waals surface area contributed by atoms with Crippen molar-refractivity contribution < 1.29 is 14.9 Å². The number of aliphatic hydroxyl groups excluding tert-OH is 2. The van der Waals surface area contributed by atoms with E-state index in [9.17, 15) is 10.2 Å². The number of methoxy groups -OCH3 is 1. The third-order valence-electron chi connectivity index (χ3n) is 3.33. The number of benzene rings is 2.